The fourth-order valence-electron chi connectivity index (χ4n) is 3.39. The summed E-state index contributed by atoms with van der Waals surface area (Å²) in [7, 11) is 3.07. The number of carbonyl (C=O) groups excluding carboxylic acids is 1. The third kappa shape index (κ3) is 3.50. The largest absolute Gasteiger partial charge is 0.508 e. The van der Waals surface area contributed by atoms with Crippen molar-refractivity contribution in [2.45, 2.75) is 26.2 Å². The highest BCUT2D eigenvalue weighted by molar-refractivity contribution is 6.07. The fraction of sp³-hybridized carbons (Fsp3) is 0.318. The molecule has 6 heteroatoms. The summed E-state index contributed by atoms with van der Waals surface area (Å²) in [6.45, 7) is 4.06. The Morgan fingerprint density at radius 1 is 1.21 bits per heavy atom. The Balaban J connectivity index is 2.13. The summed E-state index contributed by atoms with van der Waals surface area (Å²) in [5.74, 6) is 0.271. The Hall–Kier alpha value is -3.15. The van der Waals surface area contributed by atoms with Gasteiger partial charge in [-0.15, -0.1) is 0 Å². The number of Topliss-reactive ketones (excluding diaryl/α,β-unsaturated/α-hetero) is 1. The first-order valence-corrected chi connectivity index (χ1v) is 8.97. The molecule has 0 bridgehead atoms. The van der Waals surface area contributed by atoms with Crippen molar-refractivity contribution in [2.24, 2.45) is 0 Å². The van der Waals surface area contributed by atoms with Crippen molar-refractivity contribution >= 4 is 5.78 Å². The van der Waals surface area contributed by atoms with Gasteiger partial charge < -0.3 is 24.4 Å². The number of fused-ring (bicyclic) bond motifs is 1. The molecule has 0 amide bonds. The molecule has 0 saturated carbocycles. The van der Waals surface area contributed by atoms with Gasteiger partial charge >= 0.3 is 0 Å². The van der Waals surface area contributed by atoms with Crippen LogP contribution in [0.3, 0.4) is 0 Å². The maximum absolute atomic E-state index is 13.3. The van der Waals surface area contributed by atoms with E-state index in [0.717, 1.165) is 11.1 Å². The number of allylic oxidation sites excluding steroid dienone is 2. The summed E-state index contributed by atoms with van der Waals surface area (Å²) in [5, 5.41) is 19.7. The molecule has 3 rings (SSSR count). The standard InChI is InChI=1S/C22H24O6/c1-12(2)5-7-15-18(26-3)10-19-20(22(15)27-4)21(25)16(11-28-19)14-8-6-13(23)9-17(14)24/h5-6,8-10,16,23-24H,7,11H2,1-4H3. The zero-order valence-corrected chi connectivity index (χ0v) is 16.4. The first kappa shape index (κ1) is 19.6. The maximum atomic E-state index is 13.3. The zero-order chi connectivity index (χ0) is 20.4. The predicted octanol–water partition coefficient (Wildman–Crippen LogP) is 3.98. The summed E-state index contributed by atoms with van der Waals surface area (Å²) in [4.78, 5) is 13.3. The summed E-state index contributed by atoms with van der Waals surface area (Å²) in [6.07, 6.45) is 2.58. The van der Waals surface area contributed by atoms with E-state index in [1.54, 1.807) is 13.2 Å². The van der Waals surface area contributed by atoms with Gasteiger partial charge in [0.15, 0.2) is 5.78 Å². The van der Waals surface area contributed by atoms with Crippen LogP contribution in [0.15, 0.2) is 35.9 Å². The van der Waals surface area contributed by atoms with Crippen LogP contribution in [0, 0.1) is 0 Å². The van der Waals surface area contributed by atoms with Gasteiger partial charge in [0.25, 0.3) is 0 Å². The van der Waals surface area contributed by atoms with Gasteiger partial charge in [-0.3, -0.25) is 4.79 Å². The van der Waals surface area contributed by atoms with Gasteiger partial charge in [0.2, 0.25) is 0 Å². The maximum Gasteiger partial charge on any atom is 0.181 e. The van der Waals surface area contributed by atoms with Crippen LogP contribution in [0.4, 0.5) is 0 Å². The number of phenolic OH excluding ortho intramolecular Hbond substituents is 2. The average molecular weight is 384 g/mol. The van der Waals surface area contributed by atoms with Crippen LogP contribution in [-0.4, -0.2) is 36.8 Å². The quantitative estimate of drug-likeness (QED) is 0.759. The second-order valence-electron chi connectivity index (χ2n) is 6.92. The highest BCUT2D eigenvalue weighted by atomic mass is 16.5. The Morgan fingerprint density at radius 3 is 2.57 bits per heavy atom. The molecule has 2 aromatic rings. The molecule has 0 aliphatic carbocycles. The second kappa shape index (κ2) is 7.84. The van der Waals surface area contributed by atoms with Crippen LogP contribution in [0.25, 0.3) is 0 Å². The van der Waals surface area contributed by atoms with E-state index >= 15 is 0 Å². The molecule has 0 radical (unpaired) electrons. The Morgan fingerprint density at radius 2 is 1.96 bits per heavy atom. The van der Waals surface area contributed by atoms with E-state index in [4.69, 9.17) is 14.2 Å². The highest BCUT2D eigenvalue weighted by Gasteiger charge is 2.36. The van der Waals surface area contributed by atoms with Crippen molar-refractivity contribution < 1.29 is 29.2 Å². The van der Waals surface area contributed by atoms with Gasteiger partial charge in [-0.1, -0.05) is 17.7 Å². The molecule has 1 aliphatic heterocycles. The van der Waals surface area contributed by atoms with Crippen molar-refractivity contribution in [2.75, 3.05) is 20.8 Å². The number of carbonyl (C=O) groups is 1. The zero-order valence-electron chi connectivity index (χ0n) is 16.4. The molecule has 2 N–H and O–H groups in total. The Labute approximate surface area is 164 Å². The van der Waals surface area contributed by atoms with Crippen LogP contribution in [0.2, 0.25) is 0 Å². The van der Waals surface area contributed by atoms with Crippen molar-refractivity contribution in [3.63, 3.8) is 0 Å². The number of methoxy groups -OCH3 is 2. The van der Waals surface area contributed by atoms with Crippen LogP contribution < -0.4 is 14.2 Å². The molecule has 1 atom stereocenters. The normalized spacial score (nSPS) is 15.4. The fourth-order valence-corrected chi connectivity index (χ4v) is 3.39. The number of aromatic hydroxyl groups is 2. The molecule has 1 unspecified atom stereocenters. The lowest BCUT2D eigenvalue weighted by Gasteiger charge is -2.28. The van der Waals surface area contributed by atoms with Gasteiger partial charge in [-0.2, -0.15) is 0 Å². The highest BCUT2D eigenvalue weighted by Crippen LogP contribution is 2.45. The van der Waals surface area contributed by atoms with Crippen LogP contribution in [0.1, 0.15) is 41.3 Å². The van der Waals surface area contributed by atoms with Crippen molar-refractivity contribution in [3.05, 3.63) is 52.6 Å². The van der Waals surface area contributed by atoms with Crippen LogP contribution in [0.5, 0.6) is 28.7 Å². The van der Waals surface area contributed by atoms with E-state index in [1.807, 2.05) is 19.9 Å². The molecule has 0 fully saturated rings. The number of ether oxygens (including phenoxy) is 3. The van der Waals surface area contributed by atoms with Gasteiger partial charge in [0, 0.05) is 23.3 Å². The molecular formula is C22H24O6. The number of hydrogen-bond donors (Lipinski definition) is 2. The van der Waals surface area contributed by atoms with E-state index in [2.05, 4.69) is 0 Å². The summed E-state index contributed by atoms with van der Waals surface area (Å²) in [6, 6.07) is 5.88. The number of hydrogen-bond acceptors (Lipinski definition) is 6. The molecule has 0 saturated heterocycles. The van der Waals surface area contributed by atoms with Gasteiger partial charge in [0.1, 0.15) is 40.9 Å². The summed E-state index contributed by atoms with van der Waals surface area (Å²) >= 11 is 0. The Kier molecular flexibility index (Phi) is 5.49. The molecule has 28 heavy (non-hydrogen) atoms. The van der Waals surface area contributed by atoms with E-state index < -0.39 is 5.92 Å². The topological polar surface area (TPSA) is 85.2 Å². The van der Waals surface area contributed by atoms with Crippen LogP contribution in [-0.2, 0) is 6.42 Å². The second-order valence-corrected chi connectivity index (χ2v) is 6.92. The Bertz CT molecular complexity index is 941. The lowest BCUT2D eigenvalue weighted by Crippen LogP contribution is -2.27. The van der Waals surface area contributed by atoms with Crippen LogP contribution >= 0.6 is 0 Å². The van der Waals surface area contributed by atoms with Crippen molar-refractivity contribution in [1.82, 2.24) is 0 Å². The molecule has 1 aliphatic rings. The molecule has 0 aromatic heterocycles. The molecular weight excluding hydrogens is 360 g/mol. The summed E-state index contributed by atoms with van der Waals surface area (Å²) in [5.41, 5.74) is 2.63. The summed E-state index contributed by atoms with van der Waals surface area (Å²) < 4.78 is 16.9. The number of rotatable bonds is 5. The third-order valence-corrected chi connectivity index (χ3v) is 4.80. The van der Waals surface area contributed by atoms with Crippen molar-refractivity contribution in [1.29, 1.82) is 0 Å². The molecule has 1 heterocycles. The minimum atomic E-state index is -0.702. The third-order valence-electron chi connectivity index (χ3n) is 4.80. The monoisotopic (exact) mass is 384 g/mol. The molecule has 148 valence electrons. The molecule has 2 aromatic carbocycles. The average Bonchev–Trinajstić information content (AvgIpc) is 2.66. The van der Waals surface area contributed by atoms with E-state index in [9.17, 15) is 15.0 Å². The first-order valence-electron chi connectivity index (χ1n) is 8.97. The minimum absolute atomic E-state index is 0.0721. The predicted molar refractivity (Wildman–Crippen MR) is 105 cm³/mol. The van der Waals surface area contributed by atoms with Gasteiger partial charge in [0.05, 0.1) is 20.1 Å². The van der Waals surface area contributed by atoms with Crippen molar-refractivity contribution in [3.8, 4) is 28.7 Å². The number of ketones is 1. The van der Waals surface area contributed by atoms with Gasteiger partial charge in [-0.05, 0) is 26.3 Å². The van der Waals surface area contributed by atoms with E-state index in [0.29, 0.717) is 34.8 Å². The molecule has 6 nitrogen and oxygen atoms in total. The minimum Gasteiger partial charge on any atom is -0.508 e. The molecule has 0 spiro atoms. The number of benzene rings is 2. The number of phenols is 2. The first-order chi connectivity index (χ1) is 13.4. The lowest BCUT2D eigenvalue weighted by molar-refractivity contribution is 0.0889. The smallest absolute Gasteiger partial charge is 0.181 e. The van der Waals surface area contributed by atoms with E-state index in [-0.39, 0.29) is 23.9 Å². The lowest BCUT2D eigenvalue weighted by atomic mass is 9.86. The SMILES string of the molecule is COc1cc2c(c(OC)c1CC=C(C)C)C(=O)C(c1ccc(O)cc1O)CO2. The van der Waals surface area contributed by atoms with Gasteiger partial charge in [-0.25, -0.2) is 0 Å². The van der Waals surface area contributed by atoms with E-state index in [1.165, 1.54) is 25.3 Å².